The molecule has 0 fully saturated rings. The Morgan fingerprint density at radius 3 is 2.63 bits per heavy atom. The van der Waals surface area contributed by atoms with Gasteiger partial charge in [-0.05, 0) is 42.8 Å². The topological polar surface area (TPSA) is 59.8 Å². The highest BCUT2D eigenvalue weighted by Crippen LogP contribution is 2.29. The summed E-state index contributed by atoms with van der Waals surface area (Å²) < 4.78 is 1.81. The smallest absolute Gasteiger partial charge is 0.234 e. The lowest BCUT2D eigenvalue weighted by Crippen LogP contribution is -2.15. The summed E-state index contributed by atoms with van der Waals surface area (Å²) >= 11 is 19.4. The summed E-state index contributed by atoms with van der Waals surface area (Å²) in [5.74, 6) is 0.686. The van der Waals surface area contributed by atoms with Gasteiger partial charge in [0.15, 0.2) is 11.0 Å². The van der Waals surface area contributed by atoms with Crippen LogP contribution < -0.4 is 5.32 Å². The highest BCUT2D eigenvalue weighted by molar-refractivity contribution is 7.99. The van der Waals surface area contributed by atoms with Crippen molar-refractivity contribution in [2.75, 3.05) is 11.1 Å². The molecule has 3 aromatic rings. The molecule has 140 valence electrons. The van der Waals surface area contributed by atoms with Crippen LogP contribution in [0.5, 0.6) is 0 Å². The van der Waals surface area contributed by atoms with Crippen molar-refractivity contribution in [3.8, 4) is 11.4 Å². The van der Waals surface area contributed by atoms with Gasteiger partial charge in [0.1, 0.15) is 0 Å². The Bertz CT molecular complexity index is 1010. The third-order valence-electron chi connectivity index (χ3n) is 3.89. The molecule has 0 aliphatic heterocycles. The van der Waals surface area contributed by atoms with Gasteiger partial charge in [-0.25, -0.2) is 0 Å². The number of carbonyl (C=O) groups excluding carboxylic acids is 1. The average Bonchev–Trinajstić information content (AvgIpc) is 3.00. The summed E-state index contributed by atoms with van der Waals surface area (Å²) in [6, 6.07) is 10.7. The Morgan fingerprint density at radius 1 is 1.11 bits per heavy atom. The van der Waals surface area contributed by atoms with Gasteiger partial charge in [0.2, 0.25) is 5.91 Å². The summed E-state index contributed by atoms with van der Waals surface area (Å²) in [5.41, 5.74) is 2.32. The van der Waals surface area contributed by atoms with Crippen molar-refractivity contribution in [3.05, 3.63) is 57.0 Å². The largest absolute Gasteiger partial charge is 0.325 e. The molecule has 9 heteroatoms. The minimum Gasteiger partial charge on any atom is -0.325 e. The lowest BCUT2D eigenvalue weighted by Gasteiger charge is -2.09. The van der Waals surface area contributed by atoms with E-state index >= 15 is 0 Å². The van der Waals surface area contributed by atoms with E-state index in [1.165, 1.54) is 11.8 Å². The van der Waals surface area contributed by atoms with Gasteiger partial charge in [-0.3, -0.25) is 4.79 Å². The van der Waals surface area contributed by atoms with Gasteiger partial charge in [-0.1, -0.05) is 52.6 Å². The van der Waals surface area contributed by atoms with E-state index in [9.17, 15) is 4.79 Å². The molecule has 0 saturated carbocycles. The van der Waals surface area contributed by atoms with Gasteiger partial charge >= 0.3 is 0 Å². The van der Waals surface area contributed by atoms with Gasteiger partial charge in [0.25, 0.3) is 0 Å². The maximum absolute atomic E-state index is 12.3. The van der Waals surface area contributed by atoms with Gasteiger partial charge in [0, 0.05) is 23.3 Å². The Hall–Kier alpha value is -1.73. The lowest BCUT2D eigenvalue weighted by molar-refractivity contribution is -0.113. The lowest BCUT2D eigenvalue weighted by atomic mass is 10.2. The normalized spacial score (nSPS) is 10.9. The van der Waals surface area contributed by atoms with E-state index in [0.717, 1.165) is 11.1 Å². The van der Waals surface area contributed by atoms with Crippen molar-refractivity contribution in [1.82, 2.24) is 14.8 Å². The number of carbonyl (C=O) groups is 1. The minimum absolute atomic E-state index is 0.149. The number of hydrogen-bond donors (Lipinski definition) is 1. The Labute approximate surface area is 176 Å². The van der Waals surface area contributed by atoms with E-state index in [1.54, 1.807) is 24.3 Å². The summed E-state index contributed by atoms with van der Waals surface area (Å²) in [7, 11) is 1.83. The van der Waals surface area contributed by atoms with Crippen molar-refractivity contribution in [2.45, 2.75) is 12.1 Å². The molecule has 0 saturated heterocycles. The van der Waals surface area contributed by atoms with Crippen molar-refractivity contribution < 1.29 is 4.79 Å². The molecule has 0 aliphatic carbocycles. The molecular formula is C18H15Cl3N4OS. The van der Waals surface area contributed by atoms with Crippen molar-refractivity contribution in [3.63, 3.8) is 0 Å². The summed E-state index contributed by atoms with van der Waals surface area (Å²) in [6.07, 6.45) is 0. The molecular weight excluding hydrogens is 427 g/mol. The SMILES string of the molecule is Cc1c(Cl)cccc1NC(=O)CSc1nnc(-c2ccc(Cl)c(Cl)c2)n1C. The van der Waals surface area contributed by atoms with Crippen molar-refractivity contribution in [2.24, 2.45) is 7.05 Å². The zero-order valence-corrected chi connectivity index (χ0v) is 17.5. The van der Waals surface area contributed by atoms with Crippen LogP contribution in [-0.4, -0.2) is 26.4 Å². The van der Waals surface area contributed by atoms with E-state index in [0.29, 0.717) is 31.7 Å². The number of halogens is 3. The second-order valence-corrected chi connectivity index (χ2v) is 7.91. The van der Waals surface area contributed by atoms with Crippen LogP contribution in [-0.2, 0) is 11.8 Å². The molecule has 0 spiro atoms. The van der Waals surface area contributed by atoms with Crippen LogP contribution in [0.4, 0.5) is 5.69 Å². The van der Waals surface area contributed by atoms with Crippen molar-refractivity contribution >= 4 is 58.2 Å². The van der Waals surface area contributed by atoms with E-state index in [-0.39, 0.29) is 11.7 Å². The molecule has 2 aromatic carbocycles. The molecule has 0 aliphatic rings. The fourth-order valence-electron chi connectivity index (χ4n) is 2.39. The maximum atomic E-state index is 12.3. The number of hydrogen-bond acceptors (Lipinski definition) is 4. The van der Waals surface area contributed by atoms with E-state index in [1.807, 2.05) is 30.7 Å². The van der Waals surface area contributed by atoms with E-state index in [2.05, 4.69) is 15.5 Å². The minimum atomic E-state index is -0.149. The van der Waals surface area contributed by atoms with Gasteiger partial charge in [0.05, 0.1) is 15.8 Å². The van der Waals surface area contributed by atoms with Crippen LogP contribution in [0.3, 0.4) is 0 Å². The number of nitrogens with one attached hydrogen (secondary N) is 1. The van der Waals surface area contributed by atoms with Gasteiger partial charge in [-0.2, -0.15) is 0 Å². The molecule has 1 heterocycles. The number of anilines is 1. The molecule has 0 radical (unpaired) electrons. The Kier molecular flexibility index (Phi) is 6.32. The third-order valence-corrected chi connectivity index (χ3v) is 6.06. The number of thioether (sulfide) groups is 1. The van der Waals surface area contributed by atoms with Crippen LogP contribution in [0.15, 0.2) is 41.6 Å². The van der Waals surface area contributed by atoms with E-state index < -0.39 is 0 Å². The standard InChI is InChI=1S/C18H15Cl3N4OS/c1-10-12(19)4-3-5-15(10)22-16(26)9-27-18-24-23-17(25(18)2)11-6-7-13(20)14(21)8-11/h3-8H,9H2,1-2H3,(H,22,26). The molecule has 5 nitrogen and oxygen atoms in total. The molecule has 0 atom stereocenters. The highest BCUT2D eigenvalue weighted by Gasteiger charge is 2.14. The predicted molar refractivity (Wildman–Crippen MR) is 112 cm³/mol. The first kappa shape index (κ1) is 20.0. The highest BCUT2D eigenvalue weighted by atomic mass is 35.5. The number of nitrogens with zero attached hydrogens (tertiary/aromatic N) is 3. The third kappa shape index (κ3) is 4.58. The van der Waals surface area contributed by atoms with Crippen molar-refractivity contribution in [1.29, 1.82) is 0 Å². The number of rotatable bonds is 5. The molecule has 3 rings (SSSR count). The second kappa shape index (κ2) is 8.52. The number of amides is 1. The fourth-order valence-corrected chi connectivity index (χ4v) is 3.57. The number of benzene rings is 2. The molecule has 1 amide bonds. The summed E-state index contributed by atoms with van der Waals surface area (Å²) in [5, 5.41) is 13.4. The first-order chi connectivity index (χ1) is 12.9. The Morgan fingerprint density at radius 2 is 1.89 bits per heavy atom. The first-order valence-electron chi connectivity index (χ1n) is 7.89. The fraction of sp³-hybridized carbons (Fsp3) is 0.167. The summed E-state index contributed by atoms with van der Waals surface area (Å²) in [4.78, 5) is 12.3. The zero-order chi connectivity index (χ0) is 19.6. The molecule has 1 N–H and O–H groups in total. The predicted octanol–water partition coefficient (Wildman–Crippen LogP) is 5.48. The van der Waals surface area contributed by atoms with Crippen LogP contribution in [0.2, 0.25) is 15.1 Å². The van der Waals surface area contributed by atoms with Crippen LogP contribution >= 0.6 is 46.6 Å². The average molecular weight is 442 g/mol. The molecule has 0 unspecified atom stereocenters. The van der Waals surface area contributed by atoms with E-state index in [4.69, 9.17) is 34.8 Å². The molecule has 1 aromatic heterocycles. The first-order valence-corrected chi connectivity index (χ1v) is 10.0. The molecule has 0 bridgehead atoms. The molecule has 27 heavy (non-hydrogen) atoms. The van der Waals surface area contributed by atoms with Gasteiger partial charge < -0.3 is 9.88 Å². The van der Waals surface area contributed by atoms with Gasteiger partial charge in [-0.15, -0.1) is 10.2 Å². The number of aromatic nitrogens is 3. The van der Waals surface area contributed by atoms with Crippen LogP contribution in [0.1, 0.15) is 5.56 Å². The maximum Gasteiger partial charge on any atom is 0.234 e. The summed E-state index contributed by atoms with van der Waals surface area (Å²) in [6.45, 7) is 1.86. The van der Waals surface area contributed by atoms with Crippen LogP contribution in [0.25, 0.3) is 11.4 Å². The quantitative estimate of drug-likeness (QED) is 0.532. The second-order valence-electron chi connectivity index (χ2n) is 5.74. The Balaban J connectivity index is 1.68. The monoisotopic (exact) mass is 440 g/mol. The zero-order valence-electron chi connectivity index (χ0n) is 14.5. The van der Waals surface area contributed by atoms with Crippen LogP contribution in [0, 0.1) is 6.92 Å².